The molecule has 0 fully saturated rings. The quantitative estimate of drug-likeness (QED) is 0.536. The van der Waals surface area contributed by atoms with Crippen molar-refractivity contribution in [1.82, 2.24) is 5.32 Å². The molecule has 0 bridgehead atoms. The Hall–Kier alpha value is -2.18. The second-order valence-electron chi connectivity index (χ2n) is 4.18. The smallest absolute Gasteiger partial charge is 0.251 e. The summed E-state index contributed by atoms with van der Waals surface area (Å²) in [6, 6.07) is 5.77. The van der Waals surface area contributed by atoms with E-state index in [0.717, 1.165) is 0 Å². The van der Waals surface area contributed by atoms with Gasteiger partial charge < -0.3 is 21.5 Å². The van der Waals surface area contributed by atoms with E-state index >= 15 is 0 Å². The molecule has 6 nitrogen and oxygen atoms in total. The van der Waals surface area contributed by atoms with E-state index in [4.69, 9.17) is 10.8 Å². The van der Waals surface area contributed by atoms with E-state index in [2.05, 4.69) is 17.2 Å². The SMILES string of the molecule is C=CCC(N)C(=O)Nc1ccc(C(=O)NCCO)cc1. The Morgan fingerprint density at radius 3 is 2.55 bits per heavy atom. The molecule has 0 heterocycles. The van der Waals surface area contributed by atoms with Crippen LogP contribution >= 0.6 is 0 Å². The summed E-state index contributed by atoms with van der Waals surface area (Å²) in [7, 11) is 0. The van der Waals surface area contributed by atoms with Crippen LogP contribution in [0.4, 0.5) is 5.69 Å². The number of carbonyl (C=O) groups is 2. The number of anilines is 1. The summed E-state index contributed by atoms with van der Waals surface area (Å²) in [6.45, 7) is 3.62. The minimum atomic E-state index is -0.639. The van der Waals surface area contributed by atoms with Crippen LogP contribution in [0.2, 0.25) is 0 Å². The normalized spacial score (nSPS) is 11.5. The molecule has 1 unspecified atom stereocenters. The van der Waals surface area contributed by atoms with Gasteiger partial charge >= 0.3 is 0 Å². The van der Waals surface area contributed by atoms with Gasteiger partial charge in [0.25, 0.3) is 5.91 Å². The number of benzene rings is 1. The second kappa shape index (κ2) is 8.08. The Morgan fingerprint density at radius 1 is 1.35 bits per heavy atom. The molecule has 0 aliphatic heterocycles. The molecule has 0 saturated heterocycles. The van der Waals surface area contributed by atoms with Crippen molar-refractivity contribution in [2.45, 2.75) is 12.5 Å². The van der Waals surface area contributed by atoms with Crippen molar-refractivity contribution in [3.05, 3.63) is 42.5 Å². The molecule has 0 aromatic heterocycles. The topological polar surface area (TPSA) is 104 Å². The average molecular weight is 277 g/mol. The number of carbonyl (C=O) groups excluding carboxylic acids is 2. The van der Waals surface area contributed by atoms with E-state index in [-0.39, 0.29) is 25.0 Å². The van der Waals surface area contributed by atoms with Gasteiger partial charge in [0.05, 0.1) is 12.6 Å². The summed E-state index contributed by atoms with van der Waals surface area (Å²) in [4.78, 5) is 23.3. The van der Waals surface area contributed by atoms with Crippen LogP contribution in [0, 0.1) is 0 Å². The van der Waals surface area contributed by atoms with Gasteiger partial charge in [-0.3, -0.25) is 9.59 Å². The van der Waals surface area contributed by atoms with Gasteiger partial charge in [-0.1, -0.05) is 6.08 Å². The fraction of sp³-hybridized carbons (Fsp3) is 0.286. The van der Waals surface area contributed by atoms with Crippen molar-refractivity contribution in [2.75, 3.05) is 18.5 Å². The number of rotatable bonds is 7. The van der Waals surface area contributed by atoms with Crippen LogP contribution < -0.4 is 16.4 Å². The number of hydrogen-bond donors (Lipinski definition) is 4. The van der Waals surface area contributed by atoms with Gasteiger partial charge in [-0.15, -0.1) is 6.58 Å². The lowest BCUT2D eigenvalue weighted by Crippen LogP contribution is -2.35. The van der Waals surface area contributed by atoms with Crippen LogP contribution in [-0.2, 0) is 4.79 Å². The first-order valence-corrected chi connectivity index (χ1v) is 6.25. The lowest BCUT2D eigenvalue weighted by Gasteiger charge is -2.10. The summed E-state index contributed by atoms with van der Waals surface area (Å²) in [6.07, 6.45) is 1.98. The van der Waals surface area contributed by atoms with Crippen molar-refractivity contribution in [2.24, 2.45) is 5.73 Å². The zero-order valence-corrected chi connectivity index (χ0v) is 11.1. The summed E-state index contributed by atoms with van der Waals surface area (Å²) < 4.78 is 0. The third-order valence-corrected chi connectivity index (χ3v) is 2.57. The Labute approximate surface area is 117 Å². The molecule has 1 aromatic rings. The fourth-order valence-electron chi connectivity index (χ4n) is 1.50. The third kappa shape index (κ3) is 4.83. The van der Waals surface area contributed by atoms with E-state index in [0.29, 0.717) is 17.7 Å². The third-order valence-electron chi connectivity index (χ3n) is 2.57. The summed E-state index contributed by atoms with van der Waals surface area (Å²) in [5, 5.41) is 13.8. The van der Waals surface area contributed by atoms with Gasteiger partial charge in [0.2, 0.25) is 5.91 Å². The maximum absolute atomic E-state index is 11.7. The Morgan fingerprint density at radius 2 is 2.00 bits per heavy atom. The Kier molecular flexibility index (Phi) is 6.42. The molecule has 20 heavy (non-hydrogen) atoms. The average Bonchev–Trinajstić information content (AvgIpc) is 2.45. The lowest BCUT2D eigenvalue weighted by molar-refractivity contribution is -0.117. The highest BCUT2D eigenvalue weighted by molar-refractivity contribution is 5.97. The van der Waals surface area contributed by atoms with Gasteiger partial charge in [-0.05, 0) is 30.7 Å². The van der Waals surface area contributed by atoms with Crippen molar-refractivity contribution in [1.29, 1.82) is 0 Å². The van der Waals surface area contributed by atoms with Gasteiger partial charge in [0, 0.05) is 17.8 Å². The van der Waals surface area contributed by atoms with Crippen LogP contribution in [0.3, 0.4) is 0 Å². The van der Waals surface area contributed by atoms with E-state index < -0.39 is 6.04 Å². The Bertz CT molecular complexity index is 471. The number of hydrogen-bond acceptors (Lipinski definition) is 4. The molecule has 2 amide bonds. The monoisotopic (exact) mass is 277 g/mol. The van der Waals surface area contributed by atoms with E-state index in [1.807, 2.05) is 0 Å². The molecule has 0 aliphatic carbocycles. The van der Waals surface area contributed by atoms with Gasteiger partial charge in [-0.25, -0.2) is 0 Å². The standard InChI is InChI=1S/C14H19N3O3/c1-2-3-12(15)14(20)17-11-6-4-10(5-7-11)13(19)16-8-9-18/h2,4-7,12,18H,1,3,8-9,15H2,(H,16,19)(H,17,20). The maximum atomic E-state index is 11.7. The maximum Gasteiger partial charge on any atom is 0.251 e. The van der Waals surface area contributed by atoms with Crippen LogP contribution in [0.1, 0.15) is 16.8 Å². The van der Waals surface area contributed by atoms with Crippen molar-refractivity contribution in [3.63, 3.8) is 0 Å². The van der Waals surface area contributed by atoms with Gasteiger partial charge in [0.1, 0.15) is 0 Å². The number of aliphatic hydroxyl groups excluding tert-OH is 1. The molecule has 0 aliphatic rings. The van der Waals surface area contributed by atoms with E-state index in [1.165, 1.54) is 0 Å². The highest BCUT2D eigenvalue weighted by atomic mass is 16.3. The first-order valence-electron chi connectivity index (χ1n) is 6.25. The molecule has 0 radical (unpaired) electrons. The number of amides is 2. The molecular weight excluding hydrogens is 258 g/mol. The van der Waals surface area contributed by atoms with Crippen molar-refractivity contribution >= 4 is 17.5 Å². The zero-order valence-electron chi connectivity index (χ0n) is 11.1. The Balaban J connectivity index is 2.60. The zero-order chi connectivity index (χ0) is 15.0. The molecule has 1 atom stereocenters. The highest BCUT2D eigenvalue weighted by Crippen LogP contribution is 2.10. The minimum absolute atomic E-state index is 0.110. The molecule has 1 rings (SSSR count). The van der Waals surface area contributed by atoms with E-state index in [1.54, 1.807) is 30.3 Å². The predicted octanol–water partition coefficient (Wildman–Crippen LogP) is 0.251. The number of aliphatic hydroxyl groups is 1. The number of nitrogens with one attached hydrogen (secondary N) is 2. The van der Waals surface area contributed by atoms with Crippen LogP contribution in [0.15, 0.2) is 36.9 Å². The van der Waals surface area contributed by atoms with Gasteiger partial charge in [-0.2, -0.15) is 0 Å². The van der Waals surface area contributed by atoms with Crippen LogP contribution in [-0.4, -0.2) is 36.1 Å². The molecular formula is C14H19N3O3. The molecule has 1 aromatic carbocycles. The summed E-state index contributed by atoms with van der Waals surface area (Å²) >= 11 is 0. The molecule has 0 saturated carbocycles. The largest absolute Gasteiger partial charge is 0.395 e. The van der Waals surface area contributed by atoms with Crippen LogP contribution in [0.25, 0.3) is 0 Å². The van der Waals surface area contributed by atoms with Crippen molar-refractivity contribution in [3.8, 4) is 0 Å². The van der Waals surface area contributed by atoms with Gasteiger partial charge in [0.15, 0.2) is 0 Å². The number of nitrogens with two attached hydrogens (primary N) is 1. The first kappa shape index (κ1) is 15.9. The molecule has 6 heteroatoms. The molecule has 108 valence electrons. The highest BCUT2D eigenvalue weighted by Gasteiger charge is 2.12. The summed E-state index contributed by atoms with van der Waals surface area (Å²) in [5.74, 6) is -0.581. The first-order chi connectivity index (χ1) is 9.58. The predicted molar refractivity (Wildman–Crippen MR) is 77.3 cm³/mol. The second-order valence-corrected chi connectivity index (χ2v) is 4.18. The van der Waals surface area contributed by atoms with Crippen LogP contribution in [0.5, 0.6) is 0 Å². The van der Waals surface area contributed by atoms with E-state index in [9.17, 15) is 9.59 Å². The molecule has 5 N–H and O–H groups in total. The minimum Gasteiger partial charge on any atom is -0.395 e. The molecule has 0 spiro atoms. The van der Waals surface area contributed by atoms with Crippen molar-refractivity contribution < 1.29 is 14.7 Å². The lowest BCUT2D eigenvalue weighted by atomic mass is 10.1. The fourth-order valence-corrected chi connectivity index (χ4v) is 1.50. The summed E-state index contributed by atoms with van der Waals surface area (Å²) in [5.41, 5.74) is 6.65.